The Morgan fingerprint density at radius 2 is 1.90 bits per heavy atom. The monoisotopic (exact) mass is 434 g/mol. The van der Waals surface area contributed by atoms with Gasteiger partial charge >= 0.3 is 0 Å². The summed E-state index contributed by atoms with van der Waals surface area (Å²) in [5.41, 5.74) is 4.71. The number of rotatable bonds is 7. The van der Waals surface area contributed by atoms with Crippen LogP contribution in [0.3, 0.4) is 0 Å². The molecular weight excluding hydrogens is 399 g/mol. The van der Waals surface area contributed by atoms with Gasteiger partial charge in [-0.15, -0.1) is 0 Å². The van der Waals surface area contributed by atoms with Crippen molar-refractivity contribution in [3.05, 3.63) is 40.7 Å². The van der Waals surface area contributed by atoms with Crippen molar-refractivity contribution in [2.24, 2.45) is 11.0 Å². The summed E-state index contributed by atoms with van der Waals surface area (Å²) in [4.78, 5) is 11.5. The van der Waals surface area contributed by atoms with E-state index < -0.39 is 8.32 Å². The molecule has 0 aliphatic carbocycles. The molecule has 1 aliphatic heterocycles. The molecule has 1 heterocycles. The lowest BCUT2D eigenvalue weighted by Crippen LogP contribution is -2.40. The predicted molar refractivity (Wildman–Crippen MR) is 122 cm³/mol. The van der Waals surface area contributed by atoms with Gasteiger partial charge in [0.1, 0.15) is 18.2 Å². The topological polar surface area (TPSA) is 59.9 Å². The molecular formula is C23H35FN2O3Si. The predicted octanol–water partition coefficient (Wildman–Crippen LogP) is 5.26. The molecule has 0 aromatic heterocycles. The van der Waals surface area contributed by atoms with Gasteiger partial charge in [0.15, 0.2) is 8.32 Å². The number of halogens is 1. The van der Waals surface area contributed by atoms with Crippen LogP contribution in [0.2, 0.25) is 18.1 Å². The van der Waals surface area contributed by atoms with Crippen LogP contribution in [-0.4, -0.2) is 33.2 Å². The van der Waals surface area contributed by atoms with Gasteiger partial charge in [-0.2, -0.15) is 5.10 Å². The fourth-order valence-electron chi connectivity index (χ4n) is 3.07. The number of carbonyl (C=O) groups is 1. The number of hydrogen-bond acceptors (Lipinski definition) is 4. The number of benzene rings is 1. The average molecular weight is 435 g/mol. The fraction of sp³-hybridized carbons (Fsp3) is 0.565. The Kier molecular flexibility index (Phi) is 7.63. The minimum Gasteiger partial charge on any atom is -0.489 e. The summed E-state index contributed by atoms with van der Waals surface area (Å²) in [7, 11) is -1.77. The van der Waals surface area contributed by atoms with Gasteiger partial charge in [0.25, 0.3) is 0 Å². The van der Waals surface area contributed by atoms with Crippen molar-refractivity contribution in [3.8, 4) is 5.75 Å². The van der Waals surface area contributed by atoms with Gasteiger partial charge in [-0.25, -0.2) is 9.82 Å². The van der Waals surface area contributed by atoms with Crippen molar-refractivity contribution in [3.63, 3.8) is 0 Å². The van der Waals surface area contributed by atoms with Crippen LogP contribution in [0, 0.1) is 25.6 Å². The Balaban J connectivity index is 2.04. The van der Waals surface area contributed by atoms with E-state index >= 15 is 4.39 Å². The van der Waals surface area contributed by atoms with E-state index in [1.54, 1.807) is 13.0 Å². The van der Waals surface area contributed by atoms with Gasteiger partial charge in [0.05, 0.1) is 12.3 Å². The molecule has 166 valence electrons. The molecule has 7 heteroatoms. The molecule has 0 saturated carbocycles. The minimum absolute atomic E-state index is 0.136. The number of hydrogen-bond donors (Lipinski definition) is 1. The molecule has 0 bridgehead atoms. The summed E-state index contributed by atoms with van der Waals surface area (Å²) in [5.74, 6) is -0.103. The first-order valence-electron chi connectivity index (χ1n) is 10.4. The highest BCUT2D eigenvalue weighted by atomic mass is 28.4. The Labute approximate surface area is 180 Å². The molecule has 1 N–H and O–H groups in total. The lowest BCUT2D eigenvalue weighted by Gasteiger charge is -2.35. The summed E-state index contributed by atoms with van der Waals surface area (Å²) in [6.45, 7) is 17.4. The van der Waals surface area contributed by atoms with E-state index in [2.05, 4.69) is 44.4 Å². The third-order valence-corrected chi connectivity index (χ3v) is 10.5. The van der Waals surface area contributed by atoms with E-state index in [-0.39, 0.29) is 22.7 Å². The molecule has 1 aliphatic rings. The van der Waals surface area contributed by atoms with E-state index in [1.165, 1.54) is 0 Å². The molecule has 1 aromatic carbocycles. The third-order valence-electron chi connectivity index (χ3n) is 6.00. The van der Waals surface area contributed by atoms with Gasteiger partial charge in [-0.05, 0) is 49.7 Å². The van der Waals surface area contributed by atoms with Crippen LogP contribution in [0.15, 0.2) is 23.3 Å². The molecule has 30 heavy (non-hydrogen) atoms. The maximum absolute atomic E-state index is 15.1. The zero-order chi connectivity index (χ0) is 22.7. The summed E-state index contributed by atoms with van der Waals surface area (Å²) >= 11 is 0. The van der Waals surface area contributed by atoms with Crippen molar-refractivity contribution < 1.29 is 18.3 Å². The molecule has 1 aromatic rings. The van der Waals surface area contributed by atoms with E-state index in [0.29, 0.717) is 42.2 Å². The number of hydrazone groups is 1. The maximum atomic E-state index is 15.1. The smallest absolute Gasteiger partial charge is 0.240 e. The van der Waals surface area contributed by atoms with Crippen LogP contribution in [-0.2, 0) is 9.22 Å². The van der Waals surface area contributed by atoms with Crippen molar-refractivity contribution in [1.29, 1.82) is 0 Å². The molecule has 0 saturated heterocycles. The molecule has 1 unspecified atom stereocenters. The zero-order valence-electron chi connectivity index (χ0n) is 19.5. The lowest BCUT2D eigenvalue weighted by atomic mass is 9.91. The second-order valence-electron chi connectivity index (χ2n) is 9.50. The first kappa shape index (κ1) is 24.3. The van der Waals surface area contributed by atoms with Crippen LogP contribution < -0.4 is 10.2 Å². The normalized spacial score (nSPS) is 17.8. The first-order valence-corrected chi connectivity index (χ1v) is 13.3. The number of ether oxygens (including phenoxy) is 1. The van der Waals surface area contributed by atoms with Crippen LogP contribution in [0.25, 0.3) is 0 Å². The SMILES string of the molecule is Cc1cc(C2=NNC(=O)CC2C)c(F)c(C)c1OCC=CCO[Si](C)(C)C(C)(C)C. The summed E-state index contributed by atoms with van der Waals surface area (Å²) < 4.78 is 27.0. The Morgan fingerprint density at radius 3 is 2.50 bits per heavy atom. The minimum atomic E-state index is -1.77. The average Bonchev–Trinajstić information content (AvgIpc) is 2.63. The standard InChI is InChI=1S/C23H35FN2O3Si/c1-15-14-19(27)25-26-21(15)18-13-16(2)22(17(3)20(18)24)28-11-9-10-12-29-30(7,8)23(4,5)6/h9-10,13,15H,11-12,14H2,1-8H3,(H,25,27). The van der Waals surface area contributed by atoms with Gasteiger partial charge in [-0.3, -0.25) is 4.79 Å². The third kappa shape index (κ3) is 5.58. The highest BCUT2D eigenvalue weighted by molar-refractivity contribution is 6.74. The molecule has 0 spiro atoms. The molecule has 1 atom stereocenters. The van der Waals surface area contributed by atoms with Crippen LogP contribution in [0.1, 0.15) is 50.8 Å². The Bertz CT molecular complexity index is 857. The number of nitrogens with zero attached hydrogens (tertiary/aromatic N) is 1. The highest BCUT2D eigenvalue weighted by Gasteiger charge is 2.36. The highest BCUT2D eigenvalue weighted by Crippen LogP contribution is 2.36. The van der Waals surface area contributed by atoms with Crippen molar-refractivity contribution in [2.45, 2.75) is 66.1 Å². The molecule has 0 fully saturated rings. The maximum Gasteiger partial charge on any atom is 0.240 e. The van der Waals surface area contributed by atoms with Crippen LogP contribution >= 0.6 is 0 Å². The summed E-state index contributed by atoms with van der Waals surface area (Å²) in [6, 6.07) is 1.74. The lowest BCUT2D eigenvalue weighted by molar-refractivity contribution is -0.121. The quantitative estimate of drug-likeness (QED) is 0.470. The molecule has 0 radical (unpaired) electrons. The Hall–Kier alpha value is -1.99. The van der Waals surface area contributed by atoms with E-state index in [9.17, 15) is 4.79 Å². The molecule has 5 nitrogen and oxygen atoms in total. The fourth-order valence-corrected chi connectivity index (χ4v) is 4.02. The molecule has 2 rings (SSSR count). The van der Waals surface area contributed by atoms with Gasteiger partial charge in [-0.1, -0.05) is 33.8 Å². The van der Waals surface area contributed by atoms with Crippen LogP contribution in [0.4, 0.5) is 4.39 Å². The largest absolute Gasteiger partial charge is 0.489 e. The Morgan fingerprint density at radius 1 is 1.27 bits per heavy atom. The summed E-state index contributed by atoms with van der Waals surface area (Å²) in [5, 5.41) is 4.26. The number of aryl methyl sites for hydroxylation is 1. The second kappa shape index (κ2) is 9.43. The second-order valence-corrected chi connectivity index (χ2v) is 14.3. The number of amides is 1. The van der Waals surface area contributed by atoms with Crippen LogP contribution in [0.5, 0.6) is 5.75 Å². The van der Waals surface area contributed by atoms with Crippen molar-refractivity contribution in [1.82, 2.24) is 5.43 Å². The van der Waals surface area contributed by atoms with Crippen molar-refractivity contribution >= 4 is 19.9 Å². The first-order chi connectivity index (χ1) is 13.8. The van der Waals surface area contributed by atoms with E-state index in [4.69, 9.17) is 9.16 Å². The van der Waals surface area contributed by atoms with Gasteiger partial charge in [0, 0.05) is 23.5 Å². The van der Waals surface area contributed by atoms with Gasteiger partial charge in [0.2, 0.25) is 5.91 Å². The van der Waals surface area contributed by atoms with Crippen molar-refractivity contribution in [2.75, 3.05) is 13.2 Å². The van der Waals surface area contributed by atoms with E-state index in [0.717, 1.165) is 5.56 Å². The summed E-state index contributed by atoms with van der Waals surface area (Å²) in [6.07, 6.45) is 4.16. The zero-order valence-corrected chi connectivity index (χ0v) is 20.5. The van der Waals surface area contributed by atoms with Gasteiger partial charge < -0.3 is 9.16 Å². The number of carbonyl (C=O) groups excluding carboxylic acids is 1. The molecule has 1 amide bonds. The van der Waals surface area contributed by atoms with E-state index in [1.807, 2.05) is 26.0 Å². The number of nitrogens with one attached hydrogen (secondary N) is 1.